The first-order valence-corrected chi connectivity index (χ1v) is 8.50. The normalized spacial score (nSPS) is 12.7. The fourth-order valence-electron chi connectivity index (χ4n) is 2.80. The number of rotatable bonds is 5. The topological polar surface area (TPSA) is 43.8 Å². The van der Waals surface area contributed by atoms with Gasteiger partial charge in [0.25, 0.3) is 0 Å². The molecule has 3 nitrogen and oxygen atoms in total. The quantitative estimate of drug-likeness (QED) is 0.689. The van der Waals surface area contributed by atoms with Gasteiger partial charge in [0.05, 0.1) is 27.1 Å². The molecule has 0 aliphatic heterocycles. The van der Waals surface area contributed by atoms with Gasteiger partial charge in [-0.2, -0.15) is 0 Å². The van der Waals surface area contributed by atoms with Crippen LogP contribution in [-0.4, -0.2) is 9.55 Å². The minimum atomic E-state index is -0.0739. The van der Waals surface area contributed by atoms with Gasteiger partial charge in [-0.25, -0.2) is 4.98 Å². The van der Waals surface area contributed by atoms with Crippen molar-refractivity contribution >= 4 is 34.2 Å². The van der Waals surface area contributed by atoms with E-state index in [0.717, 1.165) is 35.3 Å². The Labute approximate surface area is 146 Å². The van der Waals surface area contributed by atoms with Crippen LogP contribution < -0.4 is 5.73 Å². The summed E-state index contributed by atoms with van der Waals surface area (Å²) in [6.45, 7) is 2.80. The molecule has 0 aliphatic carbocycles. The van der Waals surface area contributed by atoms with Gasteiger partial charge in [0.2, 0.25) is 0 Å². The van der Waals surface area contributed by atoms with E-state index in [9.17, 15) is 0 Å². The van der Waals surface area contributed by atoms with Crippen molar-refractivity contribution in [2.75, 3.05) is 0 Å². The molecule has 1 unspecified atom stereocenters. The van der Waals surface area contributed by atoms with E-state index >= 15 is 0 Å². The number of fused-ring (bicyclic) bond motifs is 1. The van der Waals surface area contributed by atoms with Gasteiger partial charge in [0.15, 0.2) is 0 Å². The molecular weight excluding hydrogens is 329 g/mol. The summed E-state index contributed by atoms with van der Waals surface area (Å²) in [7, 11) is 0. The van der Waals surface area contributed by atoms with E-state index in [0.29, 0.717) is 16.6 Å². The van der Waals surface area contributed by atoms with Crippen molar-refractivity contribution in [1.29, 1.82) is 0 Å². The first-order valence-electron chi connectivity index (χ1n) is 7.74. The number of imidazole rings is 1. The Kier molecular flexibility index (Phi) is 4.90. The molecule has 1 atom stereocenters. The second-order valence-corrected chi connectivity index (χ2v) is 6.50. The fourth-order valence-corrected chi connectivity index (χ4v) is 3.12. The minimum absolute atomic E-state index is 0.0739. The van der Waals surface area contributed by atoms with E-state index in [1.807, 2.05) is 36.4 Å². The maximum atomic E-state index is 6.35. The Morgan fingerprint density at radius 3 is 2.65 bits per heavy atom. The molecule has 1 heterocycles. The van der Waals surface area contributed by atoms with Gasteiger partial charge in [-0.1, -0.05) is 54.7 Å². The van der Waals surface area contributed by atoms with Gasteiger partial charge >= 0.3 is 0 Å². The molecular formula is C18H19Cl2N3. The van der Waals surface area contributed by atoms with Gasteiger partial charge in [0, 0.05) is 6.54 Å². The zero-order valence-electron chi connectivity index (χ0n) is 13.0. The van der Waals surface area contributed by atoms with Crippen LogP contribution in [0.2, 0.25) is 10.0 Å². The van der Waals surface area contributed by atoms with Crippen LogP contribution in [0.3, 0.4) is 0 Å². The lowest BCUT2D eigenvalue weighted by Crippen LogP contribution is -2.17. The zero-order chi connectivity index (χ0) is 16.4. The number of nitrogens with two attached hydrogens (primary N) is 1. The Balaban J connectivity index is 2.06. The van der Waals surface area contributed by atoms with Crippen molar-refractivity contribution in [3.8, 4) is 0 Å². The zero-order valence-corrected chi connectivity index (χ0v) is 14.5. The summed E-state index contributed by atoms with van der Waals surface area (Å²) in [6, 6.07) is 13.7. The highest BCUT2D eigenvalue weighted by atomic mass is 35.5. The average Bonchev–Trinajstić information content (AvgIpc) is 2.90. The van der Waals surface area contributed by atoms with Gasteiger partial charge in [-0.05, 0) is 36.2 Å². The van der Waals surface area contributed by atoms with Gasteiger partial charge in [0.1, 0.15) is 5.82 Å². The van der Waals surface area contributed by atoms with Crippen molar-refractivity contribution in [2.45, 2.75) is 32.4 Å². The molecule has 23 heavy (non-hydrogen) atoms. The number of hydrogen-bond donors (Lipinski definition) is 1. The predicted molar refractivity (Wildman–Crippen MR) is 97.1 cm³/mol. The van der Waals surface area contributed by atoms with Crippen LogP contribution in [0.5, 0.6) is 0 Å². The Morgan fingerprint density at radius 2 is 1.91 bits per heavy atom. The summed E-state index contributed by atoms with van der Waals surface area (Å²) in [4.78, 5) is 4.75. The molecule has 0 saturated carbocycles. The van der Waals surface area contributed by atoms with Gasteiger partial charge in [-0.3, -0.25) is 0 Å². The molecule has 2 N–H and O–H groups in total. The molecule has 0 fully saturated rings. The van der Waals surface area contributed by atoms with Crippen molar-refractivity contribution in [3.63, 3.8) is 0 Å². The highest BCUT2D eigenvalue weighted by Gasteiger charge is 2.16. The monoisotopic (exact) mass is 347 g/mol. The van der Waals surface area contributed by atoms with Crippen molar-refractivity contribution in [2.24, 2.45) is 5.73 Å². The molecule has 0 saturated heterocycles. The molecule has 0 bridgehead atoms. The van der Waals surface area contributed by atoms with E-state index in [2.05, 4.69) is 17.6 Å². The summed E-state index contributed by atoms with van der Waals surface area (Å²) in [5.74, 6) is 0.916. The number of hydrogen-bond acceptors (Lipinski definition) is 2. The largest absolute Gasteiger partial charge is 0.322 e. The van der Waals surface area contributed by atoms with Gasteiger partial charge in [-0.15, -0.1) is 0 Å². The van der Waals surface area contributed by atoms with Crippen molar-refractivity contribution < 1.29 is 0 Å². The molecule has 5 heteroatoms. The van der Waals surface area contributed by atoms with Crippen molar-refractivity contribution in [1.82, 2.24) is 9.55 Å². The summed E-state index contributed by atoms with van der Waals surface area (Å²) in [5.41, 5.74) is 9.47. The average molecular weight is 348 g/mol. The van der Waals surface area contributed by atoms with Crippen LogP contribution in [0.1, 0.15) is 37.2 Å². The van der Waals surface area contributed by atoms with E-state index < -0.39 is 0 Å². The molecule has 120 valence electrons. The fraction of sp³-hybridized carbons (Fsp3) is 0.278. The minimum Gasteiger partial charge on any atom is -0.322 e. The van der Waals surface area contributed by atoms with Crippen LogP contribution in [-0.2, 0) is 6.54 Å². The third kappa shape index (κ3) is 3.37. The van der Waals surface area contributed by atoms with E-state index in [1.54, 1.807) is 0 Å². The molecule has 3 aromatic rings. The van der Waals surface area contributed by atoms with Crippen LogP contribution in [0, 0.1) is 0 Å². The molecule has 0 spiro atoms. The Morgan fingerprint density at radius 1 is 1.13 bits per heavy atom. The first-order chi connectivity index (χ1) is 11.1. The SMILES string of the molecule is CCCC(N)c1nc2ccccc2n1Cc1ccc(Cl)c(Cl)c1. The Bertz CT molecular complexity index is 826. The Hall–Kier alpha value is -1.55. The van der Waals surface area contributed by atoms with Crippen LogP contribution in [0.15, 0.2) is 42.5 Å². The maximum absolute atomic E-state index is 6.35. The summed E-state index contributed by atoms with van der Waals surface area (Å²) in [5, 5.41) is 1.13. The lowest BCUT2D eigenvalue weighted by molar-refractivity contribution is 0.572. The second-order valence-electron chi connectivity index (χ2n) is 5.69. The molecule has 0 radical (unpaired) electrons. The van der Waals surface area contributed by atoms with Crippen LogP contribution in [0.25, 0.3) is 11.0 Å². The van der Waals surface area contributed by atoms with E-state index in [1.165, 1.54) is 0 Å². The second kappa shape index (κ2) is 6.91. The third-order valence-electron chi connectivity index (χ3n) is 3.94. The highest BCUT2D eigenvalue weighted by Crippen LogP contribution is 2.26. The number of nitrogens with zero attached hydrogens (tertiary/aromatic N) is 2. The summed E-state index contributed by atoms with van der Waals surface area (Å²) < 4.78 is 2.18. The lowest BCUT2D eigenvalue weighted by atomic mass is 10.1. The third-order valence-corrected chi connectivity index (χ3v) is 4.68. The standard InChI is InChI=1S/C18H19Cl2N3/c1-2-5-15(21)18-22-16-6-3-4-7-17(16)23(18)11-12-8-9-13(19)14(20)10-12/h3-4,6-10,15H,2,5,11,21H2,1H3. The summed E-state index contributed by atoms with van der Waals surface area (Å²) in [6.07, 6.45) is 1.93. The lowest BCUT2D eigenvalue weighted by Gasteiger charge is -2.14. The van der Waals surface area contributed by atoms with Gasteiger partial charge < -0.3 is 10.3 Å². The van der Waals surface area contributed by atoms with Crippen molar-refractivity contribution in [3.05, 3.63) is 63.9 Å². The summed E-state index contributed by atoms with van der Waals surface area (Å²) >= 11 is 12.2. The molecule has 2 aromatic carbocycles. The number of halogens is 2. The van der Waals surface area contributed by atoms with E-state index in [4.69, 9.17) is 33.9 Å². The maximum Gasteiger partial charge on any atom is 0.127 e. The molecule has 3 rings (SSSR count). The number of para-hydroxylation sites is 2. The number of aromatic nitrogens is 2. The number of benzene rings is 2. The molecule has 1 aromatic heterocycles. The predicted octanol–water partition coefficient (Wildman–Crippen LogP) is 5.19. The smallest absolute Gasteiger partial charge is 0.127 e. The molecule has 0 amide bonds. The highest BCUT2D eigenvalue weighted by molar-refractivity contribution is 6.42. The molecule has 0 aliphatic rings. The van der Waals surface area contributed by atoms with Crippen LogP contribution in [0.4, 0.5) is 0 Å². The van der Waals surface area contributed by atoms with E-state index in [-0.39, 0.29) is 6.04 Å². The van der Waals surface area contributed by atoms with Crippen LogP contribution >= 0.6 is 23.2 Å². The first kappa shape index (κ1) is 16.3.